The van der Waals surface area contributed by atoms with Crippen LogP contribution in [0, 0.1) is 5.92 Å². The van der Waals surface area contributed by atoms with Gasteiger partial charge in [-0.15, -0.1) is 0 Å². The van der Waals surface area contributed by atoms with Crippen molar-refractivity contribution in [2.24, 2.45) is 11.7 Å². The van der Waals surface area contributed by atoms with Crippen LogP contribution < -0.4 is 15.2 Å². The van der Waals surface area contributed by atoms with E-state index in [9.17, 15) is 0 Å². The van der Waals surface area contributed by atoms with Crippen molar-refractivity contribution >= 4 is 0 Å². The first kappa shape index (κ1) is 13.2. The highest BCUT2D eigenvalue weighted by Crippen LogP contribution is 2.38. The number of rotatable bonds is 4. The summed E-state index contributed by atoms with van der Waals surface area (Å²) in [5.74, 6) is 2.26. The Balaban J connectivity index is 2.20. The molecule has 1 aromatic carbocycles. The average Bonchev–Trinajstić information content (AvgIpc) is 2.38. The van der Waals surface area contributed by atoms with Crippen LogP contribution in [0.15, 0.2) is 18.2 Å². The van der Waals surface area contributed by atoms with Crippen LogP contribution in [0.1, 0.15) is 44.7 Å². The summed E-state index contributed by atoms with van der Waals surface area (Å²) in [6, 6.07) is 5.97. The molecule has 18 heavy (non-hydrogen) atoms. The summed E-state index contributed by atoms with van der Waals surface area (Å²) in [5.41, 5.74) is 7.33. The van der Waals surface area contributed by atoms with Gasteiger partial charge in [-0.3, -0.25) is 0 Å². The molecule has 0 saturated heterocycles. The third kappa shape index (κ3) is 2.61. The number of benzene rings is 1. The van der Waals surface area contributed by atoms with Crippen LogP contribution in [0.3, 0.4) is 0 Å². The van der Waals surface area contributed by atoms with Gasteiger partial charge in [-0.1, -0.05) is 26.3 Å². The van der Waals surface area contributed by atoms with Gasteiger partial charge in [0.1, 0.15) is 17.6 Å². The molecule has 0 aromatic heterocycles. The van der Waals surface area contributed by atoms with Crippen LogP contribution in [-0.2, 0) is 0 Å². The van der Waals surface area contributed by atoms with E-state index < -0.39 is 0 Å². The van der Waals surface area contributed by atoms with Gasteiger partial charge in [0.15, 0.2) is 0 Å². The molecule has 0 radical (unpaired) electrons. The summed E-state index contributed by atoms with van der Waals surface area (Å²) in [6.45, 7) is 4.45. The summed E-state index contributed by atoms with van der Waals surface area (Å²) in [5, 5.41) is 0. The van der Waals surface area contributed by atoms with Crippen molar-refractivity contribution in [2.45, 2.75) is 45.3 Å². The molecule has 2 unspecified atom stereocenters. The molecule has 0 bridgehead atoms. The van der Waals surface area contributed by atoms with Gasteiger partial charge < -0.3 is 15.2 Å². The molecule has 0 fully saturated rings. The van der Waals surface area contributed by atoms with Crippen molar-refractivity contribution in [3.8, 4) is 11.5 Å². The van der Waals surface area contributed by atoms with Crippen molar-refractivity contribution in [1.29, 1.82) is 0 Å². The molecule has 1 aliphatic heterocycles. The maximum absolute atomic E-state index is 6.24. The SMILES string of the molecule is CCCC(C)C1C[C@H](N)c2ccc(OC)cc2O1. The van der Waals surface area contributed by atoms with Crippen LogP contribution in [0.5, 0.6) is 11.5 Å². The highest BCUT2D eigenvalue weighted by Gasteiger charge is 2.29. The molecule has 100 valence electrons. The predicted octanol–water partition coefficient (Wildman–Crippen LogP) is 3.28. The Labute approximate surface area is 109 Å². The number of hydrogen-bond acceptors (Lipinski definition) is 3. The fourth-order valence-electron chi connectivity index (χ4n) is 2.63. The Morgan fingerprint density at radius 2 is 2.28 bits per heavy atom. The van der Waals surface area contributed by atoms with Crippen molar-refractivity contribution in [3.05, 3.63) is 23.8 Å². The Morgan fingerprint density at radius 1 is 1.50 bits per heavy atom. The fraction of sp³-hybridized carbons (Fsp3) is 0.600. The molecule has 1 heterocycles. The number of ether oxygens (including phenoxy) is 2. The molecule has 1 aliphatic rings. The minimum absolute atomic E-state index is 0.0731. The topological polar surface area (TPSA) is 44.5 Å². The average molecular weight is 249 g/mol. The molecule has 0 spiro atoms. The lowest BCUT2D eigenvalue weighted by Crippen LogP contribution is -2.34. The number of nitrogens with two attached hydrogens (primary N) is 1. The Morgan fingerprint density at radius 3 is 2.94 bits per heavy atom. The first-order valence-corrected chi connectivity index (χ1v) is 6.75. The van der Waals surface area contributed by atoms with E-state index in [1.807, 2.05) is 18.2 Å². The Hall–Kier alpha value is -1.22. The molecule has 2 rings (SSSR count). The fourth-order valence-corrected chi connectivity index (χ4v) is 2.63. The number of fused-ring (bicyclic) bond motifs is 1. The molecule has 2 N–H and O–H groups in total. The van der Waals surface area contributed by atoms with E-state index >= 15 is 0 Å². The van der Waals surface area contributed by atoms with E-state index in [1.165, 1.54) is 12.8 Å². The predicted molar refractivity (Wildman–Crippen MR) is 73.0 cm³/mol. The summed E-state index contributed by atoms with van der Waals surface area (Å²) in [6.07, 6.45) is 3.48. The van der Waals surface area contributed by atoms with E-state index in [0.717, 1.165) is 23.5 Å². The molecule has 1 aromatic rings. The highest BCUT2D eigenvalue weighted by molar-refractivity contribution is 5.43. The van der Waals surface area contributed by atoms with Crippen molar-refractivity contribution < 1.29 is 9.47 Å². The van der Waals surface area contributed by atoms with Gasteiger partial charge in [0, 0.05) is 24.1 Å². The number of hydrogen-bond donors (Lipinski definition) is 1. The first-order chi connectivity index (χ1) is 8.65. The van der Waals surface area contributed by atoms with Crippen LogP contribution in [-0.4, -0.2) is 13.2 Å². The molecule has 0 aliphatic carbocycles. The lowest BCUT2D eigenvalue weighted by Gasteiger charge is -2.34. The van der Waals surface area contributed by atoms with Crippen LogP contribution >= 0.6 is 0 Å². The summed E-state index contributed by atoms with van der Waals surface area (Å²) < 4.78 is 11.3. The number of methoxy groups -OCH3 is 1. The third-order valence-electron chi connectivity index (χ3n) is 3.76. The second kappa shape index (κ2) is 5.61. The maximum atomic E-state index is 6.24. The zero-order valence-corrected chi connectivity index (χ0v) is 11.5. The Bertz CT molecular complexity index is 405. The smallest absolute Gasteiger partial charge is 0.128 e. The molecule has 0 amide bonds. The van der Waals surface area contributed by atoms with Crippen molar-refractivity contribution in [3.63, 3.8) is 0 Å². The zero-order chi connectivity index (χ0) is 13.1. The maximum Gasteiger partial charge on any atom is 0.128 e. The van der Waals surface area contributed by atoms with E-state index in [4.69, 9.17) is 15.2 Å². The van der Waals surface area contributed by atoms with E-state index in [0.29, 0.717) is 5.92 Å². The van der Waals surface area contributed by atoms with Gasteiger partial charge in [0.25, 0.3) is 0 Å². The zero-order valence-electron chi connectivity index (χ0n) is 11.5. The minimum atomic E-state index is 0.0731. The first-order valence-electron chi connectivity index (χ1n) is 6.75. The van der Waals surface area contributed by atoms with Crippen LogP contribution in [0.2, 0.25) is 0 Å². The van der Waals surface area contributed by atoms with Gasteiger partial charge in [0.2, 0.25) is 0 Å². The second-order valence-electron chi connectivity index (χ2n) is 5.17. The van der Waals surface area contributed by atoms with E-state index in [2.05, 4.69) is 13.8 Å². The van der Waals surface area contributed by atoms with Crippen LogP contribution in [0.4, 0.5) is 0 Å². The lowest BCUT2D eigenvalue weighted by atomic mass is 9.89. The highest BCUT2D eigenvalue weighted by atomic mass is 16.5. The van der Waals surface area contributed by atoms with Gasteiger partial charge >= 0.3 is 0 Å². The summed E-state index contributed by atoms with van der Waals surface area (Å²) in [7, 11) is 1.67. The molecule has 3 nitrogen and oxygen atoms in total. The summed E-state index contributed by atoms with van der Waals surface area (Å²) >= 11 is 0. The molecule has 3 atom stereocenters. The molecular weight excluding hydrogens is 226 g/mol. The van der Waals surface area contributed by atoms with Gasteiger partial charge in [-0.05, 0) is 18.4 Å². The van der Waals surface area contributed by atoms with E-state index in [-0.39, 0.29) is 12.1 Å². The van der Waals surface area contributed by atoms with Gasteiger partial charge in [-0.2, -0.15) is 0 Å². The standard InChI is InChI=1S/C15H23NO2/c1-4-5-10(2)14-9-13(16)12-7-6-11(17-3)8-15(12)18-14/h6-8,10,13-14H,4-5,9,16H2,1-3H3/t10?,13-,14?/m0/s1. The van der Waals surface area contributed by atoms with Gasteiger partial charge in [0.05, 0.1) is 7.11 Å². The quantitative estimate of drug-likeness (QED) is 0.890. The molecular formula is C15H23NO2. The van der Waals surface area contributed by atoms with Gasteiger partial charge in [-0.25, -0.2) is 0 Å². The van der Waals surface area contributed by atoms with Crippen molar-refractivity contribution in [2.75, 3.05) is 7.11 Å². The second-order valence-corrected chi connectivity index (χ2v) is 5.17. The summed E-state index contributed by atoms with van der Waals surface area (Å²) in [4.78, 5) is 0. The monoisotopic (exact) mass is 249 g/mol. The van der Waals surface area contributed by atoms with Crippen molar-refractivity contribution in [1.82, 2.24) is 0 Å². The molecule has 3 heteroatoms. The Kier molecular flexibility index (Phi) is 4.12. The minimum Gasteiger partial charge on any atom is -0.497 e. The molecule has 0 saturated carbocycles. The lowest BCUT2D eigenvalue weighted by molar-refractivity contribution is 0.102. The largest absolute Gasteiger partial charge is 0.497 e. The van der Waals surface area contributed by atoms with E-state index in [1.54, 1.807) is 7.11 Å². The third-order valence-corrected chi connectivity index (χ3v) is 3.76. The van der Waals surface area contributed by atoms with Crippen LogP contribution in [0.25, 0.3) is 0 Å². The normalized spacial score (nSPS) is 24.0.